The number of hydrogen-bond acceptors (Lipinski definition) is 2. The predicted molar refractivity (Wildman–Crippen MR) is 77.4 cm³/mol. The van der Waals surface area contributed by atoms with Crippen molar-refractivity contribution < 1.29 is 8.60 Å². The number of nitrogen functional groups attached to an aromatic ring is 1. The van der Waals surface area contributed by atoms with E-state index in [1.807, 2.05) is 0 Å². The fourth-order valence-electron chi connectivity index (χ4n) is 1.56. The van der Waals surface area contributed by atoms with Crippen LogP contribution >= 0.6 is 23.2 Å². The van der Waals surface area contributed by atoms with Gasteiger partial charge in [0.05, 0.1) is 26.5 Å². The lowest BCUT2D eigenvalue weighted by molar-refractivity contribution is 0.626. The van der Waals surface area contributed by atoms with E-state index in [1.165, 1.54) is 12.1 Å². The van der Waals surface area contributed by atoms with Crippen LogP contribution in [0.15, 0.2) is 41.3 Å². The van der Waals surface area contributed by atoms with Gasteiger partial charge in [0.1, 0.15) is 5.82 Å². The molecule has 2 aromatic rings. The second-order valence-corrected chi connectivity index (χ2v) is 6.18. The molecule has 1 unspecified atom stereocenters. The Hall–Kier alpha value is -1.10. The van der Waals surface area contributed by atoms with Crippen molar-refractivity contribution in [2.75, 3.05) is 5.73 Å². The van der Waals surface area contributed by atoms with Gasteiger partial charge in [0.15, 0.2) is 0 Å². The maximum Gasteiger partial charge on any atom is 0.142 e. The Morgan fingerprint density at radius 2 is 1.89 bits per heavy atom. The molecule has 2 rings (SSSR count). The molecule has 0 aliphatic carbocycles. The number of anilines is 1. The summed E-state index contributed by atoms with van der Waals surface area (Å²) in [7, 11) is -1.39. The number of rotatable bonds is 3. The highest BCUT2D eigenvalue weighted by Gasteiger charge is 2.11. The standard InChI is InChI=1S/C13H10Cl2FNOS/c14-9-2-4-12(17)13(6-9)19(18)7-8-1-3-10(15)11(16)5-8/h1-6H,7,17H2. The summed E-state index contributed by atoms with van der Waals surface area (Å²) in [4.78, 5) is 0.447. The molecule has 0 bridgehead atoms. The maximum atomic E-state index is 13.3. The summed E-state index contributed by atoms with van der Waals surface area (Å²) < 4.78 is 25.5. The van der Waals surface area contributed by atoms with Gasteiger partial charge >= 0.3 is 0 Å². The van der Waals surface area contributed by atoms with Crippen molar-refractivity contribution in [2.24, 2.45) is 0 Å². The van der Waals surface area contributed by atoms with E-state index in [0.717, 1.165) is 0 Å². The number of nitrogens with two attached hydrogens (primary N) is 1. The van der Waals surface area contributed by atoms with Crippen molar-refractivity contribution in [1.29, 1.82) is 0 Å². The van der Waals surface area contributed by atoms with Gasteiger partial charge in [0, 0.05) is 10.7 Å². The van der Waals surface area contributed by atoms with Crippen molar-refractivity contribution in [2.45, 2.75) is 10.6 Å². The van der Waals surface area contributed by atoms with Crippen LogP contribution in [-0.2, 0) is 16.6 Å². The zero-order valence-electron chi connectivity index (χ0n) is 9.70. The van der Waals surface area contributed by atoms with E-state index < -0.39 is 16.6 Å². The van der Waals surface area contributed by atoms with E-state index in [4.69, 9.17) is 28.9 Å². The van der Waals surface area contributed by atoms with Crippen molar-refractivity contribution in [3.05, 3.63) is 57.8 Å². The molecular weight excluding hydrogens is 308 g/mol. The first-order chi connectivity index (χ1) is 8.97. The molecule has 0 aliphatic rings. The molecular formula is C13H10Cl2FNOS. The van der Waals surface area contributed by atoms with Gasteiger partial charge < -0.3 is 5.73 Å². The van der Waals surface area contributed by atoms with E-state index >= 15 is 0 Å². The van der Waals surface area contributed by atoms with Gasteiger partial charge in [0.25, 0.3) is 0 Å². The van der Waals surface area contributed by atoms with Crippen molar-refractivity contribution >= 4 is 39.7 Å². The largest absolute Gasteiger partial charge is 0.398 e. The average molecular weight is 318 g/mol. The molecule has 19 heavy (non-hydrogen) atoms. The first-order valence-corrected chi connectivity index (χ1v) is 7.42. The Morgan fingerprint density at radius 1 is 1.16 bits per heavy atom. The van der Waals surface area contributed by atoms with Crippen LogP contribution in [0.2, 0.25) is 10.0 Å². The van der Waals surface area contributed by atoms with Crippen LogP contribution in [0, 0.1) is 5.82 Å². The maximum absolute atomic E-state index is 13.3. The van der Waals surface area contributed by atoms with Gasteiger partial charge in [-0.15, -0.1) is 0 Å². The van der Waals surface area contributed by atoms with Crippen LogP contribution in [0.5, 0.6) is 0 Å². The lowest BCUT2D eigenvalue weighted by Crippen LogP contribution is -2.01. The van der Waals surface area contributed by atoms with Crippen LogP contribution in [0.1, 0.15) is 5.56 Å². The minimum atomic E-state index is -1.39. The first kappa shape index (κ1) is 14.3. The zero-order valence-corrected chi connectivity index (χ0v) is 12.0. The quantitative estimate of drug-likeness (QED) is 0.869. The van der Waals surface area contributed by atoms with Crippen LogP contribution in [-0.4, -0.2) is 4.21 Å². The van der Waals surface area contributed by atoms with Gasteiger partial charge in [-0.25, -0.2) is 4.39 Å². The highest BCUT2D eigenvalue weighted by atomic mass is 35.5. The highest BCUT2D eigenvalue weighted by molar-refractivity contribution is 7.84. The van der Waals surface area contributed by atoms with E-state index in [1.54, 1.807) is 24.3 Å². The Bertz CT molecular complexity index is 649. The summed E-state index contributed by atoms with van der Waals surface area (Å²) in [5.74, 6) is -0.381. The minimum absolute atomic E-state index is 0.0387. The molecule has 100 valence electrons. The van der Waals surface area contributed by atoms with E-state index in [9.17, 15) is 8.60 Å². The highest BCUT2D eigenvalue weighted by Crippen LogP contribution is 2.24. The topological polar surface area (TPSA) is 43.1 Å². The summed E-state index contributed by atoms with van der Waals surface area (Å²) in [6.45, 7) is 0. The molecule has 1 atom stereocenters. The first-order valence-electron chi connectivity index (χ1n) is 5.34. The molecule has 2 aromatic carbocycles. The van der Waals surface area contributed by atoms with Crippen LogP contribution in [0.3, 0.4) is 0 Å². The molecule has 0 aromatic heterocycles. The molecule has 0 spiro atoms. The zero-order chi connectivity index (χ0) is 14.0. The van der Waals surface area contributed by atoms with Gasteiger partial charge in [-0.3, -0.25) is 4.21 Å². The Balaban J connectivity index is 2.25. The van der Waals surface area contributed by atoms with Crippen molar-refractivity contribution in [3.63, 3.8) is 0 Å². The van der Waals surface area contributed by atoms with Crippen molar-refractivity contribution in [1.82, 2.24) is 0 Å². The molecule has 0 heterocycles. The number of benzene rings is 2. The molecule has 6 heteroatoms. The van der Waals surface area contributed by atoms with Crippen LogP contribution in [0.4, 0.5) is 10.1 Å². The minimum Gasteiger partial charge on any atom is -0.398 e. The monoisotopic (exact) mass is 317 g/mol. The fourth-order valence-corrected chi connectivity index (χ4v) is 3.15. The summed E-state index contributed by atoms with van der Waals surface area (Å²) in [5, 5.41) is 0.497. The van der Waals surface area contributed by atoms with E-state index in [0.29, 0.717) is 21.2 Å². The Kier molecular flexibility index (Phi) is 4.45. The summed E-state index contributed by atoms with van der Waals surface area (Å²) in [6.07, 6.45) is 0. The summed E-state index contributed by atoms with van der Waals surface area (Å²) in [6, 6.07) is 9.10. The lowest BCUT2D eigenvalue weighted by Gasteiger charge is -2.07. The SMILES string of the molecule is Nc1ccc(Cl)cc1S(=O)Cc1ccc(Cl)c(F)c1. The Labute approximate surface area is 122 Å². The third-order valence-corrected chi connectivity index (χ3v) is 4.48. The second-order valence-electron chi connectivity index (χ2n) is 3.92. The molecule has 2 nitrogen and oxygen atoms in total. The number of hydrogen-bond donors (Lipinski definition) is 1. The summed E-state index contributed by atoms with van der Waals surface area (Å²) in [5.41, 5.74) is 6.73. The predicted octanol–water partition coefficient (Wildman–Crippen LogP) is 4.02. The fraction of sp³-hybridized carbons (Fsp3) is 0.0769. The third kappa shape index (κ3) is 3.47. The van der Waals surface area contributed by atoms with Gasteiger partial charge in [0.2, 0.25) is 0 Å². The molecule has 0 saturated carbocycles. The number of halogens is 3. The Morgan fingerprint density at radius 3 is 2.58 bits per heavy atom. The molecule has 0 amide bonds. The van der Waals surface area contributed by atoms with Crippen molar-refractivity contribution in [3.8, 4) is 0 Å². The molecule has 0 fully saturated rings. The van der Waals surface area contributed by atoms with Crippen LogP contribution in [0.25, 0.3) is 0 Å². The molecule has 0 aliphatic heterocycles. The van der Waals surface area contributed by atoms with Gasteiger partial charge in [-0.2, -0.15) is 0 Å². The molecule has 2 N–H and O–H groups in total. The molecule has 0 saturated heterocycles. The van der Waals surface area contributed by atoms with Gasteiger partial charge in [-0.1, -0.05) is 29.3 Å². The molecule has 0 radical (unpaired) electrons. The average Bonchev–Trinajstić information content (AvgIpc) is 2.36. The van der Waals surface area contributed by atoms with Crippen LogP contribution < -0.4 is 5.73 Å². The van der Waals surface area contributed by atoms with Gasteiger partial charge in [-0.05, 0) is 35.9 Å². The normalized spacial score (nSPS) is 12.4. The third-order valence-electron chi connectivity index (χ3n) is 2.50. The second kappa shape index (κ2) is 5.90. The lowest BCUT2D eigenvalue weighted by atomic mass is 10.2. The van der Waals surface area contributed by atoms with E-state index in [-0.39, 0.29) is 10.8 Å². The smallest absolute Gasteiger partial charge is 0.142 e. The van der Waals surface area contributed by atoms with E-state index in [2.05, 4.69) is 0 Å². The summed E-state index contributed by atoms with van der Waals surface area (Å²) >= 11 is 11.4.